The van der Waals surface area contributed by atoms with Gasteiger partial charge in [-0.25, -0.2) is 9.59 Å². The number of hydrogen-bond acceptors (Lipinski definition) is 4. The second-order valence-electron chi connectivity index (χ2n) is 8.62. The van der Waals surface area contributed by atoms with Crippen molar-refractivity contribution in [3.63, 3.8) is 0 Å². The monoisotopic (exact) mass is 323 g/mol. The number of urea groups is 1. The van der Waals surface area contributed by atoms with Crippen LogP contribution in [0.4, 0.5) is 4.79 Å². The second-order valence-corrected chi connectivity index (χ2v) is 8.62. The third-order valence-corrected chi connectivity index (χ3v) is 5.38. The number of piperidine rings is 1. The van der Waals surface area contributed by atoms with Gasteiger partial charge in [-0.2, -0.15) is 0 Å². The van der Waals surface area contributed by atoms with Crippen molar-refractivity contribution in [2.45, 2.75) is 82.5 Å². The number of carbonyl (C=O) groups excluding carboxylic acids is 2. The normalized spacial score (nSPS) is 33.0. The molecule has 0 aliphatic carbocycles. The molecule has 0 saturated carbocycles. The summed E-state index contributed by atoms with van der Waals surface area (Å²) in [6.45, 7) is 9.73. The minimum atomic E-state index is -0.706. The van der Waals surface area contributed by atoms with E-state index in [-0.39, 0.29) is 29.1 Å². The molecule has 0 aromatic heterocycles. The van der Waals surface area contributed by atoms with Gasteiger partial charge in [0.2, 0.25) is 0 Å². The van der Waals surface area contributed by atoms with Crippen LogP contribution in [0.1, 0.15) is 59.8 Å². The molecule has 3 saturated heterocycles. The van der Waals surface area contributed by atoms with E-state index in [1.807, 2.05) is 0 Å². The fourth-order valence-electron chi connectivity index (χ4n) is 4.87. The van der Waals surface area contributed by atoms with Crippen LogP contribution in [0.15, 0.2) is 0 Å². The van der Waals surface area contributed by atoms with Crippen LogP contribution in [0.25, 0.3) is 0 Å². The average Bonchev–Trinajstić information content (AvgIpc) is 2.94. The van der Waals surface area contributed by atoms with Gasteiger partial charge >= 0.3 is 12.0 Å². The van der Waals surface area contributed by atoms with Crippen LogP contribution in [-0.2, 0) is 9.53 Å². The first-order valence-corrected chi connectivity index (χ1v) is 8.68. The standard InChI is InChI=1S/C17H29N3O3/c1-15(2)10-12(11-16(3,4)19-15)18-14(22)20-8-5-6-17(20)7-9-23-13(17)21/h12,19H,5-11H2,1-4H3,(H,18,22). The van der Waals surface area contributed by atoms with E-state index >= 15 is 0 Å². The average molecular weight is 323 g/mol. The summed E-state index contributed by atoms with van der Waals surface area (Å²) < 4.78 is 5.16. The van der Waals surface area contributed by atoms with Gasteiger partial charge in [-0.05, 0) is 53.4 Å². The highest BCUT2D eigenvalue weighted by Gasteiger charge is 2.54. The number of rotatable bonds is 1. The Morgan fingerprint density at radius 2 is 1.87 bits per heavy atom. The van der Waals surface area contributed by atoms with Gasteiger partial charge in [0.25, 0.3) is 0 Å². The van der Waals surface area contributed by atoms with Crippen molar-refractivity contribution in [2.24, 2.45) is 0 Å². The topological polar surface area (TPSA) is 70.7 Å². The van der Waals surface area contributed by atoms with E-state index in [0.29, 0.717) is 19.6 Å². The Kier molecular flexibility index (Phi) is 3.86. The molecule has 3 rings (SSSR count). The number of carbonyl (C=O) groups is 2. The molecule has 6 nitrogen and oxygen atoms in total. The maximum absolute atomic E-state index is 12.8. The lowest BCUT2D eigenvalue weighted by atomic mass is 9.79. The van der Waals surface area contributed by atoms with Crippen molar-refractivity contribution < 1.29 is 14.3 Å². The number of ether oxygens (including phenoxy) is 1. The number of esters is 1. The zero-order valence-electron chi connectivity index (χ0n) is 14.7. The van der Waals surface area contributed by atoms with Crippen molar-refractivity contribution in [1.29, 1.82) is 0 Å². The van der Waals surface area contributed by atoms with E-state index in [4.69, 9.17) is 4.74 Å². The number of amides is 2. The van der Waals surface area contributed by atoms with Crippen molar-refractivity contribution in [1.82, 2.24) is 15.5 Å². The Labute approximate surface area is 138 Å². The Balaban J connectivity index is 1.70. The third-order valence-electron chi connectivity index (χ3n) is 5.38. The molecule has 0 bridgehead atoms. The van der Waals surface area contributed by atoms with Gasteiger partial charge in [0.1, 0.15) is 5.54 Å². The van der Waals surface area contributed by atoms with Gasteiger partial charge in [-0.1, -0.05) is 0 Å². The predicted octanol–water partition coefficient (Wildman–Crippen LogP) is 1.79. The number of nitrogens with zero attached hydrogens (tertiary/aromatic N) is 1. The lowest BCUT2D eigenvalue weighted by molar-refractivity contribution is -0.145. The number of cyclic esters (lactones) is 1. The lowest BCUT2D eigenvalue weighted by Gasteiger charge is -2.47. The minimum absolute atomic E-state index is 0.0192. The van der Waals surface area contributed by atoms with Gasteiger partial charge in [-0.3, -0.25) is 0 Å². The van der Waals surface area contributed by atoms with E-state index in [0.717, 1.165) is 25.7 Å². The van der Waals surface area contributed by atoms with E-state index in [9.17, 15) is 9.59 Å². The van der Waals surface area contributed by atoms with Crippen molar-refractivity contribution in [2.75, 3.05) is 13.2 Å². The quantitative estimate of drug-likeness (QED) is 0.722. The molecule has 3 aliphatic rings. The summed E-state index contributed by atoms with van der Waals surface area (Å²) in [7, 11) is 0. The van der Waals surface area contributed by atoms with E-state index < -0.39 is 5.54 Å². The van der Waals surface area contributed by atoms with Crippen LogP contribution in [0.5, 0.6) is 0 Å². The molecule has 0 aromatic carbocycles. The van der Waals surface area contributed by atoms with Gasteiger partial charge < -0.3 is 20.3 Å². The number of hydrogen-bond donors (Lipinski definition) is 2. The van der Waals surface area contributed by atoms with Gasteiger partial charge in [0, 0.05) is 30.1 Å². The highest BCUT2D eigenvalue weighted by molar-refractivity contribution is 5.89. The molecule has 3 aliphatic heterocycles. The molecule has 0 radical (unpaired) electrons. The first kappa shape index (κ1) is 16.6. The summed E-state index contributed by atoms with van der Waals surface area (Å²) >= 11 is 0. The van der Waals surface area contributed by atoms with E-state index in [1.165, 1.54) is 0 Å². The van der Waals surface area contributed by atoms with Gasteiger partial charge in [-0.15, -0.1) is 0 Å². The lowest BCUT2D eigenvalue weighted by Crippen LogP contribution is -2.64. The van der Waals surface area contributed by atoms with Crippen molar-refractivity contribution >= 4 is 12.0 Å². The smallest absolute Gasteiger partial charge is 0.332 e. The Morgan fingerprint density at radius 3 is 2.43 bits per heavy atom. The molecule has 1 atom stereocenters. The Bertz CT molecular complexity index is 497. The van der Waals surface area contributed by atoms with Crippen LogP contribution < -0.4 is 10.6 Å². The molecule has 2 N–H and O–H groups in total. The molecule has 1 spiro atoms. The number of likely N-dealkylation sites (tertiary alicyclic amines) is 1. The maximum Gasteiger partial charge on any atom is 0.332 e. The molecule has 23 heavy (non-hydrogen) atoms. The summed E-state index contributed by atoms with van der Waals surface area (Å²) in [5, 5.41) is 6.80. The van der Waals surface area contributed by atoms with E-state index in [2.05, 4.69) is 38.3 Å². The summed E-state index contributed by atoms with van der Waals surface area (Å²) in [4.78, 5) is 26.7. The predicted molar refractivity (Wildman–Crippen MR) is 87.1 cm³/mol. The van der Waals surface area contributed by atoms with E-state index in [1.54, 1.807) is 4.90 Å². The van der Waals surface area contributed by atoms with Crippen LogP contribution in [0.3, 0.4) is 0 Å². The molecular weight excluding hydrogens is 294 g/mol. The van der Waals surface area contributed by atoms with Gasteiger partial charge in [0.05, 0.1) is 6.61 Å². The fraction of sp³-hybridized carbons (Fsp3) is 0.882. The molecule has 2 amide bonds. The molecule has 3 heterocycles. The molecule has 6 heteroatoms. The van der Waals surface area contributed by atoms with Crippen molar-refractivity contribution in [3.05, 3.63) is 0 Å². The van der Waals surface area contributed by atoms with Crippen molar-refractivity contribution in [3.8, 4) is 0 Å². The highest BCUT2D eigenvalue weighted by atomic mass is 16.5. The van der Waals surface area contributed by atoms with Crippen LogP contribution in [0.2, 0.25) is 0 Å². The summed E-state index contributed by atoms with van der Waals surface area (Å²) in [5.41, 5.74) is -0.745. The zero-order chi connectivity index (χ0) is 16.9. The Morgan fingerprint density at radius 1 is 1.22 bits per heavy atom. The first-order valence-electron chi connectivity index (χ1n) is 8.68. The largest absolute Gasteiger partial charge is 0.464 e. The zero-order valence-corrected chi connectivity index (χ0v) is 14.7. The highest BCUT2D eigenvalue weighted by Crippen LogP contribution is 2.38. The molecule has 130 valence electrons. The molecule has 0 aromatic rings. The first-order chi connectivity index (χ1) is 10.6. The maximum atomic E-state index is 12.8. The summed E-state index contributed by atoms with van der Waals surface area (Å²) in [6, 6.07) is 0.00340. The molecule has 3 fully saturated rings. The summed E-state index contributed by atoms with van der Waals surface area (Å²) in [6.07, 6.45) is 3.98. The minimum Gasteiger partial charge on any atom is -0.464 e. The molecule has 1 unspecified atom stereocenters. The van der Waals surface area contributed by atoms with Crippen LogP contribution in [-0.4, -0.2) is 52.7 Å². The SMILES string of the molecule is CC1(C)CC(NC(=O)N2CCCC23CCOC3=O)CC(C)(C)N1. The fourth-order valence-corrected chi connectivity index (χ4v) is 4.87. The molecular formula is C17H29N3O3. The third kappa shape index (κ3) is 3.05. The van der Waals surface area contributed by atoms with Crippen LogP contribution >= 0.6 is 0 Å². The number of nitrogens with one attached hydrogen (secondary N) is 2. The van der Waals surface area contributed by atoms with Crippen LogP contribution in [0, 0.1) is 0 Å². The second kappa shape index (κ2) is 5.36. The van der Waals surface area contributed by atoms with Gasteiger partial charge in [0.15, 0.2) is 0 Å². The summed E-state index contributed by atoms with van der Waals surface area (Å²) in [5.74, 6) is -0.226. The Hall–Kier alpha value is -1.30.